The minimum absolute atomic E-state index is 0.0329. The Hall–Kier alpha value is -2.35. The van der Waals surface area contributed by atoms with Crippen molar-refractivity contribution in [2.24, 2.45) is 5.41 Å². The summed E-state index contributed by atoms with van der Waals surface area (Å²) in [6, 6.07) is 11.4. The van der Waals surface area contributed by atoms with Crippen molar-refractivity contribution < 1.29 is 4.79 Å². The molecular formula is C27H33NO. The van der Waals surface area contributed by atoms with Gasteiger partial charge in [0.2, 0.25) is 0 Å². The number of fused-ring (bicyclic) bond motifs is 2. The number of Topliss-reactive ketones (excluding diaryl/α,β-unsaturated/α-hetero) is 1. The molecule has 0 bridgehead atoms. The van der Waals surface area contributed by atoms with Crippen LogP contribution in [0.1, 0.15) is 79.7 Å². The van der Waals surface area contributed by atoms with Gasteiger partial charge in [0.15, 0.2) is 5.78 Å². The molecule has 4 rings (SSSR count). The zero-order valence-corrected chi connectivity index (χ0v) is 18.9. The van der Waals surface area contributed by atoms with Crippen molar-refractivity contribution in [3.63, 3.8) is 0 Å². The van der Waals surface area contributed by atoms with Gasteiger partial charge in [0, 0.05) is 35.5 Å². The lowest BCUT2D eigenvalue weighted by atomic mass is 9.76. The molecule has 0 radical (unpaired) electrons. The number of hydrogen-bond acceptors (Lipinski definition) is 1. The topological polar surface area (TPSA) is 22.0 Å². The molecule has 0 unspecified atom stereocenters. The summed E-state index contributed by atoms with van der Waals surface area (Å²) in [5, 5.41) is 0. The van der Waals surface area contributed by atoms with Gasteiger partial charge < -0.3 is 4.57 Å². The quantitative estimate of drug-likeness (QED) is 0.467. The molecule has 1 heterocycles. The van der Waals surface area contributed by atoms with Gasteiger partial charge in [0.1, 0.15) is 0 Å². The van der Waals surface area contributed by atoms with Gasteiger partial charge in [-0.15, -0.1) is 0 Å². The molecule has 0 saturated heterocycles. The molecule has 0 fully saturated rings. The van der Waals surface area contributed by atoms with Crippen molar-refractivity contribution in [2.75, 3.05) is 0 Å². The maximum absolute atomic E-state index is 12.9. The first-order chi connectivity index (χ1) is 13.6. The third kappa shape index (κ3) is 3.23. The smallest absolute Gasteiger partial charge is 0.165 e. The van der Waals surface area contributed by atoms with E-state index in [0.29, 0.717) is 18.1 Å². The van der Waals surface area contributed by atoms with Crippen molar-refractivity contribution in [3.8, 4) is 22.4 Å². The second kappa shape index (κ2) is 6.86. The van der Waals surface area contributed by atoms with Crippen LogP contribution in [0.3, 0.4) is 0 Å². The largest absolute Gasteiger partial charge is 0.344 e. The van der Waals surface area contributed by atoms with Crippen LogP contribution in [-0.2, 0) is 13.0 Å². The van der Waals surface area contributed by atoms with Gasteiger partial charge in [-0.25, -0.2) is 0 Å². The number of hydrogen-bond donors (Lipinski definition) is 0. The minimum Gasteiger partial charge on any atom is -0.344 e. The van der Waals surface area contributed by atoms with Crippen LogP contribution in [0.5, 0.6) is 0 Å². The number of ketones is 1. The van der Waals surface area contributed by atoms with Crippen LogP contribution in [0.15, 0.2) is 30.3 Å². The predicted octanol–water partition coefficient (Wildman–Crippen LogP) is 7.18. The molecule has 0 aromatic carbocycles. The Morgan fingerprint density at radius 1 is 0.966 bits per heavy atom. The molecule has 0 atom stereocenters. The van der Waals surface area contributed by atoms with Gasteiger partial charge in [0.05, 0.1) is 0 Å². The van der Waals surface area contributed by atoms with Crippen LogP contribution in [-0.4, -0.2) is 10.4 Å². The van der Waals surface area contributed by atoms with Crippen LogP contribution in [0.2, 0.25) is 0 Å². The van der Waals surface area contributed by atoms with Crippen molar-refractivity contribution in [2.45, 2.75) is 73.8 Å². The molecule has 2 nitrogen and oxygen atoms in total. The van der Waals surface area contributed by atoms with E-state index in [1.165, 1.54) is 44.8 Å². The van der Waals surface area contributed by atoms with E-state index in [9.17, 15) is 4.79 Å². The Labute approximate surface area is 175 Å². The van der Waals surface area contributed by atoms with E-state index >= 15 is 0 Å². The second-order valence-corrected chi connectivity index (χ2v) is 9.92. The van der Waals surface area contributed by atoms with Crippen molar-refractivity contribution >= 4 is 5.78 Å². The second-order valence-electron chi connectivity index (χ2n) is 9.92. The van der Waals surface area contributed by atoms with Gasteiger partial charge in [-0.2, -0.15) is 0 Å². The Morgan fingerprint density at radius 3 is 2.34 bits per heavy atom. The number of nitrogens with zero attached hydrogens (tertiary/aromatic N) is 1. The summed E-state index contributed by atoms with van der Waals surface area (Å²) in [5.74, 6) is 0.788. The molecule has 3 aliphatic rings. The third-order valence-electron chi connectivity index (χ3n) is 6.61. The summed E-state index contributed by atoms with van der Waals surface area (Å²) in [6.07, 6.45) is 1.60. The number of aryl methyl sites for hydroxylation is 2. The molecule has 29 heavy (non-hydrogen) atoms. The Bertz CT molecular complexity index is 1080. The highest BCUT2D eigenvalue weighted by Gasteiger charge is 2.35. The zero-order chi connectivity index (χ0) is 21.1. The average Bonchev–Trinajstić information content (AvgIpc) is 3.08. The molecule has 1 aromatic rings. The normalized spacial score (nSPS) is 15.9. The zero-order valence-electron chi connectivity index (χ0n) is 18.9. The summed E-state index contributed by atoms with van der Waals surface area (Å²) >= 11 is 0. The van der Waals surface area contributed by atoms with E-state index in [1.807, 2.05) is 0 Å². The number of rotatable bonds is 3. The summed E-state index contributed by atoms with van der Waals surface area (Å²) in [5.41, 5.74) is 11.3. The van der Waals surface area contributed by atoms with E-state index < -0.39 is 0 Å². The van der Waals surface area contributed by atoms with Gasteiger partial charge in [-0.3, -0.25) is 4.79 Å². The highest BCUT2D eigenvalue weighted by atomic mass is 16.1. The monoisotopic (exact) mass is 387 g/mol. The van der Waals surface area contributed by atoms with Crippen molar-refractivity contribution in [1.29, 1.82) is 0 Å². The Kier molecular flexibility index (Phi) is 4.72. The van der Waals surface area contributed by atoms with E-state index in [2.05, 4.69) is 83.4 Å². The standard InChI is InChI=1S/C27H33NO/c1-8-28-23(13-21-24(28)14-27(6,7)15-25(21)29)22-11-18(5)20-12-19(16(2)3)10-9-17(4)26(20)22/h9-13,16H,8,14-15H2,1-7H3. The molecule has 3 aliphatic carbocycles. The SMILES string of the molecule is CCn1c(-c2cc(C)c3cc(C(C)C)ccc(C)c2-3)cc2c1CC(C)(C)CC2=O. The molecule has 0 N–H and O–H groups in total. The fourth-order valence-corrected chi connectivity index (χ4v) is 5.05. The van der Waals surface area contributed by atoms with Gasteiger partial charge in [-0.05, 0) is 78.5 Å². The Balaban J connectivity index is 1.97. The summed E-state index contributed by atoms with van der Waals surface area (Å²) < 4.78 is 2.39. The van der Waals surface area contributed by atoms with Crippen LogP contribution in [0.4, 0.5) is 0 Å². The first-order valence-electron chi connectivity index (χ1n) is 10.9. The fourth-order valence-electron chi connectivity index (χ4n) is 5.05. The average molecular weight is 388 g/mol. The molecular weight excluding hydrogens is 354 g/mol. The highest BCUT2D eigenvalue weighted by Crippen LogP contribution is 2.45. The fraction of sp³-hybridized carbons (Fsp3) is 0.444. The van der Waals surface area contributed by atoms with Gasteiger partial charge in [-0.1, -0.05) is 45.9 Å². The predicted molar refractivity (Wildman–Crippen MR) is 122 cm³/mol. The Morgan fingerprint density at radius 2 is 1.69 bits per heavy atom. The summed E-state index contributed by atoms with van der Waals surface area (Å²) in [6.45, 7) is 16.4. The molecule has 152 valence electrons. The van der Waals surface area contributed by atoms with Crippen LogP contribution >= 0.6 is 0 Å². The van der Waals surface area contributed by atoms with E-state index in [1.54, 1.807) is 0 Å². The van der Waals surface area contributed by atoms with E-state index in [0.717, 1.165) is 18.5 Å². The highest BCUT2D eigenvalue weighted by molar-refractivity contribution is 6.01. The lowest BCUT2D eigenvalue weighted by Crippen LogP contribution is -2.27. The third-order valence-corrected chi connectivity index (χ3v) is 6.61. The van der Waals surface area contributed by atoms with Gasteiger partial charge in [0.25, 0.3) is 0 Å². The van der Waals surface area contributed by atoms with E-state index in [4.69, 9.17) is 0 Å². The maximum atomic E-state index is 12.9. The molecule has 2 heteroatoms. The van der Waals surface area contributed by atoms with Crippen molar-refractivity contribution in [1.82, 2.24) is 4.57 Å². The minimum atomic E-state index is 0.0329. The molecule has 1 aromatic heterocycles. The molecule has 0 saturated carbocycles. The molecule has 0 amide bonds. The summed E-state index contributed by atoms with van der Waals surface area (Å²) in [7, 11) is 0. The van der Waals surface area contributed by atoms with Crippen LogP contribution in [0, 0.1) is 19.3 Å². The maximum Gasteiger partial charge on any atom is 0.165 e. The lowest BCUT2D eigenvalue weighted by molar-refractivity contribution is 0.0910. The van der Waals surface area contributed by atoms with E-state index in [-0.39, 0.29) is 5.41 Å². The number of aromatic nitrogens is 1. The molecule has 0 aliphatic heterocycles. The first-order valence-corrected chi connectivity index (χ1v) is 10.9. The number of carbonyl (C=O) groups excluding carboxylic acids is 1. The summed E-state index contributed by atoms with van der Waals surface area (Å²) in [4.78, 5) is 12.9. The lowest BCUT2D eigenvalue weighted by Gasteiger charge is -2.29. The number of carbonyl (C=O) groups is 1. The van der Waals surface area contributed by atoms with Crippen LogP contribution < -0.4 is 0 Å². The first kappa shape index (κ1) is 19.9. The van der Waals surface area contributed by atoms with Crippen molar-refractivity contribution in [3.05, 3.63) is 58.3 Å². The molecule has 0 spiro atoms. The van der Waals surface area contributed by atoms with Gasteiger partial charge >= 0.3 is 0 Å². The van der Waals surface area contributed by atoms with Crippen LogP contribution in [0.25, 0.3) is 22.4 Å².